The average molecular weight is 466 g/mol. The Morgan fingerprint density at radius 2 is 1.96 bits per heavy atom. The van der Waals surface area contributed by atoms with E-state index in [2.05, 4.69) is 27.4 Å². The Labute approximate surface area is 169 Å². The topological polar surface area (TPSA) is 66.0 Å². The molecule has 2 N–H and O–H groups in total. The fourth-order valence-electron chi connectivity index (χ4n) is 3.67. The van der Waals surface area contributed by atoms with Crippen molar-refractivity contribution in [2.45, 2.75) is 45.4 Å². The van der Waals surface area contributed by atoms with Crippen molar-refractivity contribution in [1.82, 2.24) is 15.5 Å². The van der Waals surface area contributed by atoms with Crippen LogP contribution in [0.1, 0.15) is 45.4 Å². The van der Waals surface area contributed by atoms with Crippen molar-refractivity contribution >= 4 is 35.8 Å². The molecule has 2 rings (SSSR count). The van der Waals surface area contributed by atoms with Crippen molar-refractivity contribution in [2.75, 3.05) is 46.4 Å². The first-order valence-corrected chi connectivity index (χ1v) is 9.54. The van der Waals surface area contributed by atoms with Crippen molar-refractivity contribution in [3.8, 4) is 0 Å². The van der Waals surface area contributed by atoms with E-state index in [-0.39, 0.29) is 35.8 Å². The lowest BCUT2D eigenvalue weighted by molar-refractivity contribution is -0.125. The summed E-state index contributed by atoms with van der Waals surface area (Å²) in [5.74, 6) is 1.99. The lowest BCUT2D eigenvalue weighted by Gasteiger charge is -2.22. The van der Waals surface area contributed by atoms with Gasteiger partial charge in [0.1, 0.15) is 0 Å². The minimum absolute atomic E-state index is 0. The molecule has 0 spiro atoms. The number of likely N-dealkylation sites (tertiary alicyclic amines) is 1. The predicted molar refractivity (Wildman–Crippen MR) is 113 cm³/mol. The van der Waals surface area contributed by atoms with E-state index in [0.717, 1.165) is 51.5 Å². The Hall–Kier alpha value is -0.570. The Morgan fingerprint density at radius 3 is 2.64 bits per heavy atom. The molecule has 6 nitrogen and oxygen atoms in total. The summed E-state index contributed by atoms with van der Waals surface area (Å²) >= 11 is 0. The minimum Gasteiger partial charge on any atom is -0.384 e. The van der Waals surface area contributed by atoms with Gasteiger partial charge in [0.25, 0.3) is 0 Å². The minimum atomic E-state index is 0. The molecule has 7 heteroatoms. The number of guanidine groups is 1. The first-order valence-electron chi connectivity index (χ1n) is 9.54. The SMILES string of the molecule is CCNC(=NCCNC(=O)C1CCCCC1)N1CCC(COC)C1.I. The highest BCUT2D eigenvalue weighted by Crippen LogP contribution is 2.23. The molecule has 0 radical (unpaired) electrons. The first-order chi connectivity index (χ1) is 11.7. The van der Waals surface area contributed by atoms with Gasteiger partial charge in [-0.3, -0.25) is 9.79 Å². The van der Waals surface area contributed by atoms with Crippen molar-refractivity contribution < 1.29 is 9.53 Å². The molecular weight excluding hydrogens is 431 g/mol. The number of nitrogens with zero attached hydrogens (tertiary/aromatic N) is 2. The Balaban J connectivity index is 0.00000312. The van der Waals surface area contributed by atoms with Gasteiger partial charge in [0.2, 0.25) is 5.91 Å². The van der Waals surface area contributed by atoms with Crippen LogP contribution < -0.4 is 10.6 Å². The van der Waals surface area contributed by atoms with Gasteiger partial charge >= 0.3 is 0 Å². The maximum atomic E-state index is 12.1. The summed E-state index contributed by atoms with van der Waals surface area (Å²) in [5, 5.41) is 6.42. The zero-order chi connectivity index (χ0) is 17.2. The lowest BCUT2D eigenvalue weighted by atomic mass is 9.89. The largest absolute Gasteiger partial charge is 0.384 e. The van der Waals surface area contributed by atoms with Gasteiger partial charge in [-0.15, -0.1) is 24.0 Å². The third kappa shape index (κ3) is 7.68. The molecule has 1 aliphatic heterocycles. The highest BCUT2D eigenvalue weighted by molar-refractivity contribution is 14.0. The van der Waals surface area contributed by atoms with Crippen LogP contribution in [0.15, 0.2) is 4.99 Å². The number of carbonyl (C=O) groups is 1. The third-order valence-electron chi connectivity index (χ3n) is 4.97. The second-order valence-electron chi connectivity index (χ2n) is 6.92. The number of aliphatic imine (C=N–C) groups is 1. The first kappa shape index (κ1) is 22.5. The van der Waals surface area contributed by atoms with Gasteiger partial charge in [-0.2, -0.15) is 0 Å². The van der Waals surface area contributed by atoms with Crippen LogP contribution in [-0.2, 0) is 9.53 Å². The molecule has 0 aromatic rings. The number of amides is 1. The van der Waals surface area contributed by atoms with Crippen LogP contribution in [0.5, 0.6) is 0 Å². The fourth-order valence-corrected chi connectivity index (χ4v) is 3.67. The molecule has 25 heavy (non-hydrogen) atoms. The molecule has 146 valence electrons. The molecule has 1 amide bonds. The van der Waals surface area contributed by atoms with Crippen molar-refractivity contribution in [3.05, 3.63) is 0 Å². The Kier molecular flexibility index (Phi) is 11.4. The van der Waals surface area contributed by atoms with E-state index in [9.17, 15) is 4.79 Å². The summed E-state index contributed by atoms with van der Waals surface area (Å²) in [6, 6.07) is 0. The number of hydrogen-bond donors (Lipinski definition) is 2. The van der Waals surface area contributed by atoms with Gasteiger partial charge in [-0.1, -0.05) is 19.3 Å². The third-order valence-corrected chi connectivity index (χ3v) is 4.97. The maximum absolute atomic E-state index is 12.1. The molecule has 1 unspecified atom stereocenters. The Morgan fingerprint density at radius 1 is 1.20 bits per heavy atom. The number of nitrogens with one attached hydrogen (secondary N) is 2. The predicted octanol–water partition coefficient (Wildman–Crippen LogP) is 2.23. The van der Waals surface area contributed by atoms with Gasteiger partial charge in [-0.25, -0.2) is 0 Å². The summed E-state index contributed by atoms with van der Waals surface area (Å²) < 4.78 is 5.26. The summed E-state index contributed by atoms with van der Waals surface area (Å²) in [4.78, 5) is 19.1. The van der Waals surface area contributed by atoms with E-state index in [1.54, 1.807) is 7.11 Å². The number of carbonyl (C=O) groups excluding carboxylic acids is 1. The molecule has 1 atom stereocenters. The van der Waals surface area contributed by atoms with E-state index in [1.807, 2.05) is 0 Å². The zero-order valence-electron chi connectivity index (χ0n) is 15.8. The van der Waals surface area contributed by atoms with Crippen LogP contribution in [0.4, 0.5) is 0 Å². The maximum Gasteiger partial charge on any atom is 0.223 e. The van der Waals surface area contributed by atoms with E-state index < -0.39 is 0 Å². The lowest BCUT2D eigenvalue weighted by Crippen LogP contribution is -2.41. The van der Waals surface area contributed by atoms with Crippen LogP contribution in [0.25, 0.3) is 0 Å². The monoisotopic (exact) mass is 466 g/mol. The number of methoxy groups -OCH3 is 1. The summed E-state index contributed by atoms with van der Waals surface area (Å²) in [6.45, 7) is 7.03. The second-order valence-corrected chi connectivity index (χ2v) is 6.92. The smallest absolute Gasteiger partial charge is 0.223 e. The summed E-state index contributed by atoms with van der Waals surface area (Å²) in [5.41, 5.74) is 0. The van der Waals surface area contributed by atoms with Gasteiger partial charge in [-0.05, 0) is 26.2 Å². The van der Waals surface area contributed by atoms with Crippen LogP contribution in [0.3, 0.4) is 0 Å². The normalized spacial score (nSPS) is 21.8. The number of halogens is 1. The molecule has 1 heterocycles. The molecule has 2 fully saturated rings. The molecule has 1 saturated carbocycles. The molecule has 2 aliphatic rings. The average Bonchev–Trinajstić information content (AvgIpc) is 3.07. The molecule has 0 aromatic heterocycles. The van der Waals surface area contributed by atoms with Crippen LogP contribution >= 0.6 is 24.0 Å². The molecule has 0 aromatic carbocycles. The summed E-state index contributed by atoms with van der Waals surface area (Å²) in [7, 11) is 1.76. The molecule has 0 bridgehead atoms. The highest BCUT2D eigenvalue weighted by atomic mass is 127. The van der Waals surface area contributed by atoms with Crippen LogP contribution in [0, 0.1) is 11.8 Å². The number of ether oxygens (including phenoxy) is 1. The van der Waals surface area contributed by atoms with Crippen molar-refractivity contribution in [3.63, 3.8) is 0 Å². The number of rotatable bonds is 7. The van der Waals surface area contributed by atoms with Crippen molar-refractivity contribution in [1.29, 1.82) is 0 Å². The van der Waals surface area contributed by atoms with E-state index in [1.165, 1.54) is 19.3 Å². The second kappa shape index (κ2) is 12.7. The standard InChI is InChI=1S/C18H34N4O2.HI/c1-3-19-18(22-12-9-15(13-22)14-24-2)21-11-10-20-17(23)16-7-5-4-6-8-16;/h15-16H,3-14H2,1-2H3,(H,19,21)(H,20,23);1H. The van der Waals surface area contributed by atoms with E-state index >= 15 is 0 Å². The molecule has 1 saturated heterocycles. The Bertz CT molecular complexity index is 414. The number of hydrogen-bond acceptors (Lipinski definition) is 3. The van der Waals surface area contributed by atoms with Gasteiger partial charge in [0, 0.05) is 45.1 Å². The highest BCUT2D eigenvalue weighted by Gasteiger charge is 2.24. The van der Waals surface area contributed by atoms with Gasteiger partial charge in [0.05, 0.1) is 13.2 Å². The van der Waals surface area contributed by atoms with E-state index in [0.29, 0.717) is 19.0 Å². The van der Waals surface area contributed by atoms with Crippen LogP contribution in [0.2, 0.25) is 0 Å². The van der Waals surface area contributed by atoms with Crippen LogP contribution in [-0.4, -0.2) is 63.2 Å². The van der Waals surface area contributed by atoms with Crippen molar-refractivity contribution in [2.24, 2.45) is 16.8 Å². The van der Waals surface area contributed by atoms with E-state index in [4.69, 9.17) is 4.74 Å². The van der Waals surface area contributed by atoms with Gasteiger partial charge in [0.15, 0.2) is 5.96 Å². The van der Waals surface area contributed by atoms with Gasteiger partial charge < -0.3 is 20.3 Å². The quantitative estimate of drug-likeness (QED) is 0.262. The molecule has 1 aliphatic carbocycles. The zero-order valence-corrected chi connectivity index (χ0v) is 18.1. The molecular formula is C18H35IN4O2. The summed E-state index contributed by atoms with van der Waals surface area (Å²) in [6.07, 6.45) is 6.91. The fraction of sp³-hybridized carbons (Fsp3) is 0.889.